The number of benzene rings is 2. The van der Waals surface area contributed by atoms with E-state index in [1.54, 1.807) is 12.1 Å². The molecule has 0 aliphatic rings. The largest absolute Gasteiger partial charge is 0.279 e. The molecule has 0 aromatic heterocycles. The third-order valence-electron chi connectivity index (χ3n) is 4.69. The molecule has 1 atom stereocenters. The Morgan fingerprint density at radius 2 is 1.86 bits per heavy atom. The normalized spacial score (nSPS) is 13.1. The van der Waals surface area contributed by atoms with E-state index in [0.717, 1.165) is 23.3 Å². The molecule has 150 valence electrons. The maximum atomic E-state index is 12.7. The van der Waals surface area contributed by atoms with Gasteiger partial charge in [0.1, 0.15) is 0 Å². The van der Waals surface area contributed by atoms with Gasteiger partial charge >= 0.3 is 0 Å². The molecule has 1 amide bonds. The van der Waals surface area contributed by atoms with E-state index in [1.807, 2.05) is 46.8 Å². The van der Waals surface area contributed by atoms with Crippen molar-refractivity contribution in [1.29, 1.82) is 0 Å². The van der Waals surface area contributed by atoms with Crippen molar-refractivity contribution in [3.63, 3.8) is 0 Å². The van der Waals surface area contributed by atoms with Gasteiger partial charge in [-0.3, -0.25) is 9.52 Å². The van der Waals surface area contributed by atoms with Gasteiger partial charge in [0.2, 0.25) is 0 Å². The van der Waals surface area contributed by atoms with Gasteiger partial charge in [-0.25, -0.2) is 13.8 Å². The zero-order chi connectivity index (χ0) is 20.9. The van der Waals surface area contributed by atoms with Gasteiger partial charge in [0.05, 0.1) is 10.6 Å². The van der Waals surface area contributed by atoms with Crippen LogP contribution in [0.1, 0.15) is 48.7 Å². The molecule has 2 aromatic carbocycles. The summed E-state index contributed by atoms with van der Waals surface area (Å²) in [5, 5.41) is 4.10. The summed E-state index contributed by atoms with van der Waals surface area (Å²) in [6.07, 6.45) is 0.920. The Kier molecular flexibility index (Phi) is 6.96. The first-order valence-electron chi connectivity index (χ1n) is 9.18. The number of sulfonamides is 1. The molecule has 0 bridgehead atoms. The fraction of sp³-hybridized carbons (Fsp3) is 0.333. The maximum Gasteiger partial charge on any atom is 0.271 e. The number of rotatable bonds is 7. The number of anilines is 1. The molecule has 0 radical (unpaired) electrons. The topological polar surface area (TPSA) is 87.6 Å². The molecule has 0 saturated heterocycles. The number of amides is 1. The third kappa shape index (κ3) is 5.42. The predicted molar refractivity (Wildman–Crippen MR) is 113 cm³/mol. The minimum atomic E-state index is -3.82. The summed E-state index contributed by atoms with van der Waals surface area (Å²) in [5.41, 5.74) is 5.92. The number of nitrogens with one attached hydrogen (secondary N) is 2. The molecule has 6 nitrogen and oxygen atoms in total. The molecular weight excluding hydrogens is 374 g/mol. The predicted octanol–water partition coefficient (Wildman–Crippen LogP) is 4.26. The number of aryl methyl sites for hydroxylation is 2. The molecule has 0 unspecified atom stereocenters. The summed E-state index contributed by atoms with van der Waals surface area (Å²) < 4.78 is 28.1. The highest BCUT2D eigenvalue weighted by Gasteiger charge is 2.17. The van der Waals surface area contributed by atoms with Gasteiger partial charge in [-0.1, -0.05) is 37.6 Å². The minimum absolute atomic E-state index is 0.0164. The average Bonchev–Trinajstić information content (AvgIpc) is 2.67. The standard InChI is InChI=1S/C21H27N3O3S/c1-6-15(3)17(5)22-23-21(25)18-8-7-9-19(13-18)28(26,27)24-20-11-10-14(2)12-16(20)4/h7-13,15,24H,6H2,1-5H3,(H,23,25)/b22-17-/t15-/m1/s1. The lowest BCUT2D eigenvalue weighted by Gasteiger charge is -2.12. The Hall–Kier alpha value is -2.67. The number of carbonyl (C=O) groups is 1. The smallest absolute Gasteiger partial charge is 0.271 e. The molecule has 2 N–H and O–H groups in total. The number of carbonyl (C=O) groups excluding carboxylic acids is 1. The van der Waals surface area contributed by atoms with Crippen LogP contribution in [0, 0.1) is 19.8 Å². The zero-order valence-electron chi connectivity index (χ0n) is 16.9. The summed E-state index contributed by atoms with van der Waals surface area (Å²) in [6, 6.07) is 11.4. The average molecular weight is 402 g/mol. The van der Waals surface area contributed by atoms with Crippen molar-refractivity contribution in [2.45, 2.75) is 45.9 Å². The van der Waals surface area contributed by atoms with Crippen molar-refractivity contribution in [3.05, 3.63) is 59.2 Å². The van der Waals surface area contributed by atoms with Gasteiger partial charge in [-0.15, -0.1) is 0 Å². The highest BCUT2D eigenvalue weighted by molar-refractivity contribution is 7.92. The van der Waals surface area contributed by atoms with Crippen LogP contribution in [0.3, 0.4) is 0 Å². The van der Waals surface area contributed by atoms with Crippen molar-refractivity contribution < 1.29 is 13.2 Å². The van der Waals surface area contributed by atoms with Crippen LogP contribution in [0.5, 0.6) is 0 Å². The Morgan fingerprint density at radius 3 is 2.50 bits per heavy atom. The number of hydrazone groups is 1. The van der Waals surface area contributed by atoms with Crippen molar-refractivity contribution in [3.8, 4) is 0 Å². The van der Waals surface area contributed by atoms with Gasteiger partial charge in [0.25, 0.3) is 15.9 Å². The highest BCUT2D eigenvalue weighted by atomic mass is 32.2. The SMILES string of the molecule is CC[C@@H](C)/C(C)=N\NC(=O)c1cccc(S(=O)(=O)Nc2ccc(C)cc2C)c1. The second-order valence-electron chi connectivity index (χ2n) is 6.96. The second-order valence-corrected chi connectivity index (χ2v) is 8.64. The second kappa shape index (κ2) is 9.01. The van der Waals surface area contributed by atoms with Crippen LogP contribution in [0.25, 0.3) is 0 Å². The van der Waals surface area contributed by atoms with Crippen molar-refractivity contribution in [2.24, 2.45) is 11.0 Å². The molecular formula is C21H27N3O3S. The first kappa shape index (κ1) is 21.6. The van der Waals surface area contributed by atoms with Gasteiger partial charge in [0.15, 0.2) is 0 Å². The van der Waals surface area contributed by atoms with Crippen molar-refractivity contribution in [2.75, 3.05) is 4.72 Å². The van der Waals surface area contributed by atoms with Crippen LogP contribution in [-0.2, 0) is 10.0 Å². The molecule has 0 saturated carbocycles. The van der Waals surface area contributed by atoms with Gasteiger partial charge in [0, 0.05) is 11.3 Å². The first-order chi connectivity index (χ1) is 13.1. The van der Waals surface area contributed by atoms with Gasteiger partial charge < -0.3 is 0 Å². The van der Waals surface area contributed by atoms with Crippen LogP contribution in [0.4, 0.5) is 5.69 Å². The van der Waals surface area contributed by atoms with E-state index >= 15 is 0 Å². The number of hydrogen-bond donors (Lipinski definition) is 2. The highest BCUT2D eigenvalue weighted by Crippen LogP contribution is 2.21. The summed E-state index contributed by atoms with van der Waals surface area (Å²) >= 11 is 0. The van der Waals surface area contributed by atoms with Gasteiger partial charge in [-0.2, -0.15) is 5.10 Å². The summed E-state index contributed by atoms with van der Waals surface area (Å²) in [7, 11) is -3.82. The molecule has 2 rings (SSSR count). The molecule has 0 spiro atoms. The molecule has 0 aliphatic carbocycles. The van der Waals surface area contributed by atoms with E-state index in [9.17, 15) is 13.2 Å². The quantitative estimate of drug-likeness (QED) is 0.537. The molecule has 7 heteroatoms. The minimum Gasteiger partial charge on any atom is -0.279 e. The third-order valence-corrected chi connectivity index (χ3v) is 6.06. The summed E-state index contributed by atoms with van der Waals surface area (Å²) in [6.45, 7) is 9.70. The van der Waals surface area contributed by atoms with Crippen LogP contribution >= 0.6 is 0 Å². The van der Waals surface area contributed by atoms with Crippen LogP contribution in [0.2, 0.25) is 0 Å². The maximum absolute atomic E-state index is 12.7. The van der Waals surface area contributed by atoms with Gasteiger partial charge in [-0.05, 0) is 62.9 Å². The Bertz CT molecular complexity index is 998. The van der Waals surface area contributed by atoms with E-state index < -0.39 is 15.9 Å². The van der Waals surface area contributed by atoms with E-state index in [-0.39, 0.29) is 16.4 Å². The number of hydrogen-bond acceptors (Lipinski definition) is 4. The van der Waals surface area contributed by atoms with E-state index in [2.05, 4.69) is 15.2 Å². The molecule has 0 heterocycles. The first-order valence-corrected chi connectivity index (χ1v) is 10.7. The Morgan fingerprint density at radius 1 is 1.14 bits per heavy atom. The van der Waals surface area contributed by atoms with Crippen LogP contribution in [0.15, 0.2) is 52.5 Å². The monoisotopic (exact) mass is 401 g/mol. The molecule has 2 aromatic rings. The fourth-order valence-corrected chi connectivity index (χ4v) is 3.72. The van der Waals surface area contributed by atoms with Crippen molar-refractivity contribution in [1.82, 2.24) is 5.43 Å². The Balaban J connectivity index is 2.22. The summed E-state index contributed by atoms with van der Waals surface area (Å²) in [5.74, 6) is -0.194. The zero-order valence-corrected chi connectivity index (χ0v) is 17.7. The molecule has 28 heavy (non-hydrogen) atoms. The molecule has 0 fully saturated rings. The van der Waals surface area contributed by atoms with E-state index in [1.165, 1.54) is 18.2 Å². The molecule has 0 aliphatic heterocycles. The summed E-state index contributed by atoms with van der Waals surface area (Å²) in [4.78, 5) is 12.4. The lowest BCUT2D eigenvalue weighted by atomic mass is 10.1. The van der Waals surface area contributed by atoms with Crippen LogP contribution in [-0.4, -0.2) is 20.0 Å². The lowest BCUT2D eigenvalue weighted by Crippen LogP contribution is -2.21. The van der Waals surface area contributed by atoms with Crippen molar-refractivity contribution >= 4 is 27.3 Å². The lowest BCUT2D eigenvalue weighted by molar-refractivity contribution is 0.0954. The Labute approximate surface area is 167 Å². The number of nitrogens with zero attached hydrogens (tertiary/aromatic N) is 1. The van der Waals surface area contributed by atoms with E-state index in [4.69, 9.17) is 0 Å². The van der Waals surface area contributed by atoms with E-state index in [0.29, 0.717) is 5.69 Å². The van der Waals surface area contributed by atoms with Crippen LogP contribution < -0.4 is 10.1 Å². The fourth-order valence-electron chi connectivity index (χ4n) is 2.55.